The van der Waals surface area contributed by atoms with Crippen molar-refractivity contribution in [3.8, 4) is 5.75 Å². The Balaban J connectivity index is 1.79. The van der Waals surface area contributed by atoms with Gasteiger partial charge in [-0.1, -0.05) is 13.8 Å². The number of rotatable bonds is 9. The van der Waals surface area contributed by atoms with Crippen LogP contribution in [0.15, 0.2) is 23.1 Å². The SMILES string of the molecule is COc1ccc(S(=O)(=O)NC2CC2)cc1NC(=O)Cc1c(C)nn(CC(C)C)c1C. The topological polar surface area (TPSA) is 102 Å². The predicted octanol–water partition coefficient (Wildman–Crippen LogP) is 2.79. The summed E-state index contributed by atoms with van der Waals surface area (Å²) in [5.41, 5.74) is 2.99. The summed E-state index contributed by atoms with van der Waals surface area (Å²) in [6.45, 7) is 8.88. The Morgan fingerprint density at radius 2 is 2.00 bits per heavy atom. The Kier molecular flexibility index (Phi) is 6.52. The van der Waals surface area contributed by atoms with Crippen molar-refractivity contribution in [3.05, 3.63) is 35.2 Å². The van der Waals surface area contributed by atoms with E-state index >= 15 is 0 Å². The molecule has 1 saturated carbocycles. The molecule has 30 heavy (non-hydrogen) atoms. The summed E-state index contributed by atoms with van der Waals surface area (Å²) >= 11 is 0. The lowest BCUT2D eigenvalue weighted by Gasteiger charge is -2.13. The highest BCUT2D eigenvalue weighted by Gasteiger charge is 2.28. The molecular weight excluding hydrogens is 404 g/mol. The van der Waals surface area contributed by atoms with Gasteiger partial charge in [-0.3, -0.25) is 9.48 Å². The van der Waals surface area contributed by atoms with Gasteiger partial charge in [0.2, 0.25) is 15.9 Å². The molecule has 3 rings (SSSR count). The molecule has 164 valence electrons. The van der Waals surface area contributed by atoms with Crippen molar-refractivity contribution in [2.75, 3.05) is 12.4 Å². The fourth-order valence-electron chi connectivity index (χ4n) is 3.31. The summed E-state index contributed by atoms with van der Waals surface area (Å²) in [7, 11) is -2.15. The average Bonchev–Trinajstić information content (AvgIpc) is 3.43. The average molecular weight is 435 g/mol. The Bertz CT molecular complexity index is 1040. The molecule has 0 radical (unpaired) electrons. The predicted molar refractivity (Wildman–Crippen MR) is 115 cm³/mol. The van der Waals surface area contributed by atoms with E-state index in [4.69, 9.17) is 4.74 Å². The fraction of sp³-hybridized carbons (Fsp3) is 0.524. The minimum absolute atomic E-state index is 0.00321. The molecule has 0 unspecified atom stereocenters. The van der Waals surface area contributed by atoms with Crippen molar-refractivity contribution < 1.29 is 17.9 Å². The Labute approximate surface area is 178 Å². The zero-order valence-electron chi connectivity index (χ0n) is 18.2. The molecule has 0 saturated heterocycles. The summed E-state index contributed by atoms with van der Waals surface area (Å²) in [5, 5.41) is 7.35. The van der Waals surface area contributed by atoms with Crippen molar-refractivity contribution in [2.24, 2.45) is 5.92 Å². The molecule has 1 fully saturated rings. The molecule has 0 spiro atoms. The van der Waals surface area contributed by atoms with E-state index < -0.39 is 10.0 Å². The number of aryl methyl sites for hydroxylation is 1. The van der Waals surface area contributed by atoms with Crippen LogP contribution in [0, 0.1) is 19.8 Å². The van der Waals surface area contributed by atoms with Crippen LogP contribution in [0.4, 0.5) is 5.69 Å². The number of aromatic nitrogens is 2. The third-order valence-electron chi connectivity index (χ3n) is 5.06. The van der Waals surface area contributed by atoms with Gasteiger partial charge in [-0.05, 0) is 50.8 Å². The van der Waals surface area contributed by atoms with Gasteiger partial charge < -0.3 is 10.1 Å². The van der Waals surface area contributed by atoms with E-state index in [0.717, 1.165) is 36.3 Å². The maximum Gasteiger partial charge on any atom is 0.240 e. The van der Waals surface area contributed by atoms with E-state index in [1.54, 1.807) is 6.07 Å². The molecule has 1 aromatic carbocycles. The normalized spacial score (nSPS) is 14.2. The lowest BCUT2D eigenvalue weighted by Crippen LogP contribution is -2.26. The number of nitrogens with zero attached hydrogens (tertiary/aromatic N) is 2. The van der Waals surface area contributed by atoms with E-state index in [2.05, 4.69) is 29.0 Å². The van der Waals surface area contributed by atoms with Crippen molar-refractivity contribution in [1.29, 1.82) is 0 Å². The van der Waals surface area contributed by atoms with E-state index in [0.29, 0.717) is 17.4 Å². The number of ether oxygens (including phenoxy) is 1. The summed E-state index contributed by atoms with van der Waals surface area (Å²) in [4.78, 5) is 12.9. The van der Waals surface area contributed by atoms with Crippen molar-refractivity contribution in [3.63, 3.8) is 0 Å². The van der Waals surface area contributed by atoms with Gasteiger partial charge in [0.05, 0.1) is 29.8 Å². The number of carbonyl (C=O) groups excluding carboxylic acids is 1. The van der Waals surface area contributed by atoms with Crippen molar-refractivity contribution in [1.82, 2.24) is 14.5 Å². The van der Waals surface area contributed by atoms with E-state index in [1.165, 1.54) is 19.2 Å². The molecule has 0 aliphatic heterocycles. The highest BCUT2D eigenvalue weighted by Crippen LogP contribution is 2.29. The second-order valence-electron chi connectivity index (χ2n) is 8.21. The van der Waals surface area contributed by atoms with Crippen LogP contribution in [-0.2, 0) is 27.8 Å². The van der Waals surface area contributed by atoms with Crippen LogP contribution < -0.4 is 14.8 Å². The molecule has 1 heterocycles. The van der Waals surface area contributed by atoms with Crippen LogP contribution in [0.1, 0.15) is 43.6 Å². The standard InChI is InChI=1S/C21H30N4O4S/c1-13(2)12-25-15(4)18(14(3)23-25)11-21(26)22-19-10-17(8-9-20(19)29-5)30(27,28)24-16-6-7-16/h8-10,13,16,24H,6-7,11-12H2,1-5H3,(H,22,26). The minimum atomic E-state index is -3.63. The molecular formula is C21H30N4O4S. The highest BCUT2D eigenvalue weighted by atomic mass is 32.2. The first-order chi connectivity index (χ1) is 14.1. The molecule has 0 atom stereocenters. The maximum absolute atomic E-state index is 12.8. The third kappa shape index (κ3) is 5.20. The number of anilines is 1. The van der Waals surface area contributed by atoms with Crippen LogP contribution in [0.5, 0.6) is 5.75 Å². The first-order valence-electron chi connectivity index (χ1n) is 10.1. The van der Waals surface area contributed by atoms with E-state index in [1.807, 2.05) is 18.5 Å². The Morgan fingerprint density at radius 1 is 1.30 bits per heavy atom. The summed E-state index contributed by atoms with van der Waals surface area (Å²) < 4.78 is 34.9. The monoisotopic (exact) mass is 434 g/mol. The van der Waals surface area contributed by atoms with Gasteiger partial charge in [0.25, 0.3) is 0 Å². The Morgan fingerprint density at radius 3 is 2.60 bits per heavy atom. The first kappa shape index (κ1) is 22.3. The number of amides is 1. The number of sulfonamides is 1. The van der Waals surface area contributed by atoms with Gasteiger partial charge in [-0.2, -0.15) is 5.10 Å². The molecule has 2 aromatic rings. The molecule has 1 aliphatic carbocycles. The minimum Gasteiger partial charge on any atom is -0.495 e. The van der Waals surface area contributed by atoms with Gasteiger partial charge in [0, 0.05) is 23.8 Å². The van der Waals surface area contributed by atoms with Crippen LogP contribution >= 0.6 is 0 Å². The van der Waals surface area contributed by atoms with Crippen LogP contribution in [0.25, 0.3) is 0 Å². The van der Waals surface area contributed by atoms with Crippen molar-refractivity contribution >= 4 is 21.6 Å². The number of hydrogen-bond donors (Lipinski definition) is 2. The zero-order valence-corrected chi connectivity index (χ0v) is 19.0. The molecule has 8 nitrogen and oxygen atoms in total. The fourth-order valence-corrected chi connectivity index (χ4v) is 4.64. The summed E-state index contributed by atoms with van der Waals surface area (Å²) in [6.07, 6.45) is 1.85. The van der Waals surface area contributed by atoms with E-state index in [-0.39, 0.29) is 23.3 Å². The summed E-state index contributed by atoms with van der Waals surface area (Å²) in [6, 6.07) is 4.46. The third-order valence-corrected chi connectivity index (χ3v) is 6.58. The number of benzene rings is 1. The largest absolute Gasteiger partial charge is 0.495 e. The maximum atomic E-state index is 12.8. The number of nitrogens with one attached hydrogen (secondary N) is 2. The van der Waals surface area contributed by atoms with Gasteiger partial charge >= 0.3 is 0 Å². The Hall–Kier alpha value is -2.39. The molecule has 0 bridgehead atoms. The molecule has 2 N–H and O–H groups in total. The second kappa shape index (κ2) is 8.77. The number of carbonyl (C=O) groups is 1. The van der Waals surface area contributed by atoms with Crippen LogP contribution in [0.2, 0.25) is 0 Å². The molecule has 1 aliphatic rings. The zero-order chi connectivity index (χ0) is 22.1. The number of methoxy groups -OCH3 is 1. The summed E-state index contributed by atoms with van der Waals surface area (Å²) in [5.74, 6) is 0.592. The quantitative estimate of drug-likeness (QED) is 0.632. The smallest absolute Gasteiger partial charge is 0.240 e. The highest BCUT2D eigenvalue weighted by molar-refractivity contribution is 7.89. The molecule has 1 aromatic heterocycles. The van der Waals surface area contributed by atoms with Gasteiger partial charge in [0.15, 0.2) is 0 Å². The molecule has 9 heteroatoms. The number of hydrogen-bond acceptors (Lipinski definition) is 5. The van der Waals surface area contributed by atoms with Crippen LogP contribution in [0.3, 0.4) is 0 Å². The van der Waals surface area contributed by atoms with Gasteiger partial charge in [0.1, 0.15) is 5.75 Å². The second-order valence-corrected chi connectivity index (χ2v) is 9.92. The van der Waals surface area contributed by atoms with Crippen molar-refractivity contribution in [2.45, 2.75) is 64.4 Å². The molecule has 1 amide bonds. The van der Waals surface area contributed by atoms with Crippen LogP contribution in [-0.4, -0.2) is 37.3 Å². The van der Waals surface area contributed by atoms with Gasteiger partial charge in [-0.15, -0.1) is 0 Å². The van der Waals surface area contributed by atoms with E-state index in [9.17, 15) is 13.2 Å². The first-order valence-corrected chi connectivity index (χ1v) is 11.6. The lowest BCUT2D eigenvalue weighted by molar-refractivity contribution is -0.115. The lowest BCUT2D eigenvalue weighted by atomic mass is 10.1. The van der Waals surface area contributed by atoms with Gasteiger partial charge in [-0.25, -0.2) is 13.1 Å².